The highest BCUT2D eigenvalue weighted by Gasteiger charge is 2.35. The fourth-order valence-corrected chi connectivity index (χ4v) is 5.07. The molecular weight excluding hydrogens is 605 g/mol. The number of ether oxygens (including phenoxy) is 3. The second-order valence-corrected chi connectivity index (χ2v) is 10.4. The van der Waals surface area contributed by atoms with Crippen LogP contribution in [0.2, 0.25) is 0 Å². The maximum absolute atomic E-state index is 12.9. The van der Waals surface area contributed by atoms with Crippen LogP contribution in [-0.2, 0) is 4.79 Å². The molecule has 0 N–H and O–H groups in total. The van der Waals surface area contributed by atoms with Crippen molar-refractivity contribution in [1.29, 1.82) is 0 Å². The van der Waals surface area contributed by atoms with E-state index in [1.54, 1.807) is 36.4 Å². The van der Waals surface area contributed by atoms with Gasteiger partial charge >= 0.3 is 5.97 Å². The van der Waals surface area contributed by atoms with Gasteiger partial charge in [0.1, 0.15) is 12.4 Å². The van der Waals surface area contributed by atoms with Crippen LogP contribution in [0, 0.1) is 17.4 Å². The Bertz CT molecular complexity index is 1400. The van der Waals surface area contributed by atoms with E-state index in [1.807, 2.05) is 44.2 Å². The Hall–Kier alpha value is -3.31. The lowest BCUT2D eigenvalue weighted by atomic mass is 10.1. The zero-order valence-corrected chi connectivity index (χ0v) is 23.4. The van der Waals surface area contributed by atoms with E-state index >= 15 is 0 Å². The summed E-state index contributed by atoms with van der Waals surface area (Å²) in [7, 11) is 1.46. The fraction of sp³-hybridized carbons (Fsp3) is 0.179. The smallest absolute Gasteiger partial charge is 0.344 e. The highest BCUT2D eigenvalue weighted by atomic mass is 127. The van der Waals surface area contributed by atoms with Gasteiger partial charge in [-0.15, -0.1) is 0 Å². The highest BCUT2D eigenvalue weighted by molar-refractivity contribution is 14.1. The zero-order valence-electron chi connectivity index (χ0n) is 20.4. The van der Waals surface area contributed by atoms with E-state index in [9.17, 15) is 14.4 Å². The minimum atomic E-state index is -0.500. The molecule has 1 aliphatic heterocycles. The fourth-order valence-electron chi connectivity index (χ4n) is 3.59. The van der Waals surface area contributed by atoms with E-state index in [0.717, 1.165) is 32.2 Å². The predicted molar refractivity (Wildman–Crippen MR) is 151 cm³/mol. The van der Waals surface area contributed by atoms with Crippen molar-refractivity contribution in [3.05, 3.63) is 91.4 Å². The lowest BCUT2D eigenvalue weighted by molar-refractivity contribution is -0.123. The van der Waals surface area contributed by atoms with Gasteiger partial charge in [-0.05, 0) is 101 Å². The number of nitrogens with zero attached hydrogens (tertiary/aromatic N) is 1. The molecule has 0 radical (unpaired) electrons. The first-order valence-corrected chi connectivity index (χ1v) is 13.3. The highest BCUT2D eigenvalue weighted by Crippen LogP contribution is 2.35. The number of methoxy groups -OCH3 is 1. The molecule has 190 valence electrons. The second kappa shape index (κ2) is 11.8. The number of benzene rings is 3. The van der Waals surface area contributed by atoms with Crippen LogP contribution < -0.4 is 14.2 Å². The predicted octanol–water partition coefficient (Wildman–Crippen LogP) is 6.25. The molecule has 0 spiro atoms. The molecular formula is C28H24INO6S. The number of imide groups is 1. The Morgan fingerprint density at radius 3 is 2.54 bits per heavy atom. The number of hydrogen-bond acceptors (Lipinski definition) is 7. The van der Waals surface area contributed by atoms with Crippen LogP contribution in [0.3, 0.4) is 0 Å². The zero-order chi connectivity index (χ0) is 26.5. The first-order valence-electron chi connectivity index (χ1n) is 11.4. The van der Waals surface area contributed by atoms with Crippen LogP contribution in [0.5, 0.6) is 17.2 Å². The second-order valence-electron chi connectivity index (χ2n) is 8.23. The third-order valence-electron chi connectivity index (χ3n) is 5.57. The lowest BCUT2D eigenvalue weighted by Gasteiger charge is -2.14. The molecule has 1 fully saturated rings. The molecule has 4 rings (SSSR count). The molecule has 3 aromatic carbocycles. The maximum Gasteiger partial charge on any atom is 0.344 e. The summed E-state index contributed by atoms with van der Waals surface area (Å²) in [5.41, 5.74) is 3.13. The van der Waals surface area contributed by atoms with Crippen molar-refractivity contribution < 1.29 is 28.6 Å². The van der Waals surface area contributed by atoms with Crippen molar-refractivity contribution in [3.63, 3.8) is 0 Å². The molecule has 1 heterocycles. The normalized spacial score (nSPS) is 14.3. The van der Waals surface area contributed by atoms with Gasteiger partial charge in [-0.1, -0.05) is 30.3 Å². The van der Waals surface area contributed by atoms with Crippen LogP contribution in [0.4, 0.5) is 4.79 Å². The molecule has 0 unspecified atom stereocenters. The standard InChI is InChI=1S/C28H24INO6S/c1-17-8-9-18(2)23(14-17)35-13-12-30-26(31)25(37-28(30)33)16-19-10-11-22(24(15-19)34-3)36-27(32)20-6-4-5-7-21(20)29/h4-11,14-16H,12-13H2,1-3H3/b25-16-. The van der Waals surface area contributed by atoms with Crippen LogP contribution in [0.25, 0.3) is 6.08 Å². The van der Waals surface area contributed by atoms with Crippen molar-refractivity contribution in [1.82, 2.24) is 4.90 Å². The van der Waals surface area contributed by atoms with Gasteiger partial charge in [0.25, 0.3) is 11.1 Å². The maximum atomic E-state index is 12.9. The van der Waals surface area contributed by atoms with Gasteiger partial charge in [-0.2, -0.15) is 0 Å². The Morgan fingerprint density at radius 1 is 1.00 bits per heavy atom. The van der Waals surface area contributed by atoms with Crippen LogP contribution in [0.15, 0.2) is 65.6 Å². The average molecular weight is 629 g/mol. The molecule has 0 atom stereocenters. The van der Waals surface area contributed by atoms with Crippen molar-refractivity contribution in [2.24, 2.45) is 0 Å². The Kier molecular flexibility index (Phi) is 8.55. The summed E-state index contributed by atoms with van der Waals surface area (Å²) in [6, 6.07) is 18.0. The molecule has 2 amide bonds. The molecule has 3 aromatic rings. The van der Waals surface area contributed by atoms with E-state index in [2.05, 4.69) is 22.6 Å². The molecule has 0 bridgehead atoms. The Morgan fingerprint density at radius 2 is 1.78 bits per heavy atom. The summed E-state index contributed by atoms with van der Waals surface area (Å²) in [6.45, 7) is 4.26. The van der Waals surface area contributed by atoms with Crippen molar-refractivity contribution in [2.45, 2.75) is 13.8 Å². The van der Waals surface area contributed by atoms with Gasteiger partial charge in [-0.25, -0.2) is 4.79 Å². The van der Waals surface area contributed by atoms with Crippen LogP contribution >= 0.6 is 34.4 Å². The van der Waals surface area contributed by atoms with Crippen LogP contribution in [0.1, 0.15) is 27.0 Å². The molecule has 0 saturated carbocycles. The summed E-state index contributed by atoms with van der Waals surface area (Å²) >= 11 is 2.95. The number of rotatable bonds is 8. The van der Waals surface area contributed by atoms with Gasteiger partial charge in [0.05, 0.1) is 24.1 Å². The number of hydrogen-bond donors (Lipinski definition) is 0. The number of carbonyl (C=O) groups excluding carboxylic acids is 3. The molecule has 7 nitrogen and oxygen atoms in total. The minimum Gasteiger partial charge on any atom is -0.493 e. The quantitative estimate of drug-likeness (QED) is 0.126. The summed E-state index contributed by atoms with van der Waals surface area (Å²) in [5.74, 6) is 0.431. The first kappa shape index (κ1) is 26.7. The number of halogens is 1. The number of carbonyl (C=O) groups is 3. The van der Waals surface area contributed by atoms with E-state index in [4.69, 9.17) is 14.2 Å². The van der Waals surface area contributed by atoms with Crippen molar-refractivity contribution in [3.8, 4) is 17.2 Å². The topological polar surface area (TPSA) is 82.1 Å². The molecule has 0 aromatic heterocycles. The first-order chi connectivity index (χ1) is 17.8. The van der Waals surface area contributed by atoms with E-state index in [-0.39, 0.29) is 30.0 Å². The van der Waals surface area contributed by atoms with Gasteiger partial charge in [-0.3, -0.25) is 14.5 Å². The summed E-state index contributed by atoms with van der Waals surface area (Å²) in [5, 5.41) is -0.351. The van der Waals surface area contributed by atoms with Crippen LogP contribution in [-0.4, -0.2) is 42.3 Å². The monoisotopic (exact) mass is 629 g/mol. The molecule has 1 aliphatic rings. The van der Waals surface area contributed by atoms with E-state index < -0.39 is 5.97 Å². The van der Waals surface area contributed by atoms with Crippen molar-refractivity contribution >= 4 is 57.5 Å². The number of amides is 2. The van der Waals surface area contributed by atoms with Gasteiger partial charge in [0, 0.05) is 3.57 Å². The molecule has 1 saturated heterocycles. The number of esters is 1. The molecule has 9 heteroatoms. The van der Waals surface area contributed by atoms with E-state index in [0.29, 0.717) is 21.8 Å². The van der Waals surface area contributed by atoms with Gasteiger partial charge < -0.3 is 14.2 Å². The summed E-state index contributed by atoms with van der Waals surface area (Å²) in [4.78, 5) is 39.5. The lowest BCUT2D eigenvalue weighted by Crippen LogP contribution is -2.32. The SMILES string of the molecule is COc1cc(/C=C2\SC(=O)N(CCOc3cc(C)ccc3C)C2=O)ccc1OC(=O)c1ccccc1I. The average Bonchev–Trinajstić information content (AvgIpc) is 3.14. The van der Waals surface area contributed by atoms with Gasteiger partial charge in [0.15, 0.2) is 11.5 Å². The Labute approximate surface area is 232 Å². The molecule has 37 heavy (non-hydrogen) atoms. The Balaban J connectivity index is 1.44. The number of aryl methyl sites for hydroxylation is 2. The van der Waals surface area contributed by atoms with Gasteiger partial charge in [0.2, 0.25) is 0 Å². The minimum absolute atomic E-state index is 0.145. The summed E-state index contributed by atoms with van der Waals surface area (Å²) in [6.07, 6.45) is 1.62. The summed E-state index contributed by atoms with van der Waals surface area (Å²) < 4.78 is 17.5. The van der Waals surface area contributed by atoms with E-state index in [1.165, 1.54) is 12.0 Å². The van der Waals surface area contributed by atoms with Crippen molar-refractivity contribution in [2.75, 3.05) is 20.3 Å². The number of thioether (sulfide) groups is 1. The molecule has 0 aliphatic carbocycles. The third kappa shape index (κ3) is 6.34. The largest absolute Gasteiger partial charge is 0.493 e. The third-order valence-corrected chi connectivity index (χ3v) is 7.42.